The van der Waals surface area contributed by atoms with Crippen molar-refractivity contribution in [1.29, 1.82) is 0 Å². The molecule has 1 amide bonds. The Kier molecular flexibility index (Phi) is 8.87. The van der Waals surface area contributed by atoms with Gasteiger partial charge in [0.2, 0.25) is 5.91 Å². The smallest absolute Gasteiger partial charge is 0.226 e. The summed E-state index contributed by atoms with van der Waals surface area (Å²) < 4.78 is 0. The van der Waals surface area contributed by atoms with E-state index >= 15 is 0 Å². The van der Waals surface area contributed by atoms with Gasteiger partial charge in [0.15, 0.2) is 5.96 Å². The van der Waals surface area contributed by atoms with Gasteiger partial charge in [0.1, 0.15) is 0 Å². The van der Waals surface area contributed by atoms with Gasteiger partial charge in [0.05, 0.1) is 6.54 Å². The van der Waals surface area contributed by atoms with Crippen molar-refractivity contribution in [3.05, 3.63) is 58.1 Å². The number of benzene rings is 2. The van der Waals surface area contributed by atoms with Crippen molar-refractivity contribution in [3.63, 3.8) is 0 Å². The number of hydrogen-bond donors (Lipinski definition) is 3. The molecule has 5 nitrogen and oxygen atoms in total. The van der Waals surface area contributed by atoms with Gasteiger partial charge in [-0.1, -0.05) is 23.7 Å². The summed E-state index contributed by atoms with van der Waals surface area (Å²) in [6.45, 7) is 6.25. The molecule has 0 aromatic heterocycles. The fourth-order valence-corrected chi connectivity index (χ4v) is 2.41. The van der Waals surface area contributed by atoms with Crippen molar-refractivity contribution in [2.24, 2.45) is 10.7 Å². The largest absolute Gasteiger partial charge is 0.370 e. The van der Waals surface area contributed by atoms with Crippen LogP contribution in [-0.2, 0) is 4.79 Å². The SMILES string of the molecule is Cc1ccc(NC(N)=NCCC(=O)Nc2cccc(Cl)c2C)cc1C.I. The first-order valence-corrected chi connectivity index (χ1v) is 8.44. The zero-order valence-corrected chi connectivity index (χ0v) is 18.2. The lowest BCUT2D eigenvalue weighted by atomic mass is 10.1. The van der Waals surface area contributed by atoms with Crippen molar-refractivity contribution >= 4 is 58.8 Å². The van der Waals surface area contributed by atoms with Crippen molar-refractivity contribution in [2.45, 2.75) is 27.2 Å². The molecule has 7 heteroatoms. The van der Waals surface area contributed by atoms with E-state index in [4.69, 9.17) is 17.3 Å². The lowest BCUT2D eigenvalue weighted by Crippen LogP contribution is -2.23. The third kappa shape index (κ3) is 6.49. The van der Waals surface area contributed by atoms with E-state index in [-0.39, 0.29) is 42.3 Å². The molecule has 0 heterocycles. The van der Waals surface area contributed by atoms with Crippen LogP contribution in [0.15, 0.2) is 41.4 Å². The predicted molar refractivity (Wildman–Crippen MR) is 121 cm³/mol. The van der Waals surface area contributed by atoms with Crippen LogP contribution in [-0.4, -0.2) is 18.4 Å². The Labute approximate surface area is 176 Å². The Morgan fingerprint density at radius 3 is 2.54 bits per heavy atom. The van der Waals surface area contributed by atoms with Gasteiger partial charge >= 0.3 is 0 Å². The van der Waals surface area contributed by atoms with E-state index in [9.17, 15) is 4.79 Å². The molecule has 0 aliphatic rings. The van der Waals surface area contributed by atoms with Crippen molar-refractivity contribution in [1.82, 2.24) is 0 Å². The van der Waals surface area contributed by atoms with E-state index in [0.717, 1.165) is 11.3 Å². The number of aryl methyl sites for hydroxylation is 2. The minimum absolute atomic E-state index is 0. The number of aliphatic imine (C=N–C) groups is 1. The van der Waals surface area contributed by atoms with Crippen LogP contribution in [0.25, 0.3) is 0 Å². The molecule has 0 saturated heterocycles. The Bertz CT molecular complexity index is 808. The van der Waals surface area contributed by atoms with Gasteiger partial charge in [0, 0.05) is 22.8 Å². The first-order chi connectivity index (χ1) is 11.9. The standard InChI is InChI=1S/C19H23ClN4O.HI/c1-12-7-8-15(11-13(12)2)23-19(21)22-10-9-18(25)24-17-6-4-5-16(20)14(17)3;/h4-8,11H,9-10H2,1-3H3,(H,24,25)(H3,21,22,23);1H. The first-order valence-electron chi connectivity index (χ1n) is 8.06. The van der Waals surface area contributed by atoms with Gasteiger partial charge in [-0.2, -0.15) is 0 Å². The number of hydrogen-bond acceptors (Lipinski definition) is 2. The molecule has 0 aliphatic carbocycles. The zero-order chi connectivity index (χ0) is 18.4. The van der Waals surface area contributed by atoms with Crippen molar-refractivity contribution < 1.29 is 4.79 Å². The molecule has 0 unspecified atom stereocenters. The molecular weight excluding hydrogens is 463 g/mol. The van der Waals surface area contributed by atoms with Crippen LogP contribution in [0.3, 0.4) is 0 Å². The summed E-state index contributed by atoms with van der Waals surface area (Å²) in [6, 6.07) is 11.4. The number of nitrogens with zero attached hydrogens (tertiary/aromatic N) is 1. The topological polar surface area (TPSA) is 79.5 Å². The summed E-state index contributed by atoms with van der Waals surface area (Å²) in [5, 5.41) is 6.49. The molecule has 0 bridgehead atoms. The minimum Gasteiger partial charge on any atom is -0.370 e. The van der Waals surface area contributed by atoms with Crippen LogP contribution in [0, 0.1) is 20.8 Å². The lowest BCUT2D eigenvalue weighted by molar-refractivity contribution is -0.116. The second kappa shape index (κ2) is 10.4. The van der Waals surface area contributed by atoms with Gasteiger partial charge in [-0.15, -0.1) is 24.0 Å². The van der Waals surface area contributed by atoms with Crippen LogP contribution >= 0.6 is 35.6 Å². The number of carbonyl (C=O) groups is 1. The summed E-state index contributed by atoms with van der Waals surface area (Å²) >= 11 is 6.04. The molecule has 2 aromatic carbocycles. The number of rotatable bonds is 5. The number of carbonyl (C=O) groups excluding carboxylic acids is 1. The predicted octanol–water partition coefficient (Wildman–Crippen LogP) is 4.64. The highest BCUT2D eigenvalue weighted by atomic mass is 127. The Morgan fingerprint density at radius 2 is 1.85 bits per heavy atom. The van der Waals surface area contributed by atoms with Gasteiger partial charge in [-0.25, -0.2) is 0 Å². The molecule has 0 spiro atoms. The van der Waals surface area contributed by atoms with E-state index < -0.39 is 0 Å². The van der Waals surface area contributed by atoms with E-state index in [2.05, 4.69) is 22.5 Å². The molecule has 0 aliphatic heterocycles. The van der Waals surface area contributed by atoms with E-state index in [1.807, 2.05) is 38.1 Å². The summed E-state index contributed by atoms with van der Waals surface area (Å²) in [4.78, 5) is 16.2. The Balaban J connectivity index is 0.00000338. The third-order valence-corrected chi connectivity index (χ3v) is 4.35. The molecule has 140 valence electrons. The Hall–Kier alpha value is -1.80. The second-order valence-electron chi connectivity index (χ2n) is 5.90. The van der Waals surface area contributed by atoms with Crippen LogP contribution in [0.1, 0.15) is 23.1 Å². The molecule has 26 heavy (non-hydrogen) atoms. The molecule has 0 atom stereocenters. The van der Waals surface area contributed by atoms with E-state index in [0.29, 0.717) is 17.3 Å². The molecule has 2 rings (SSSR count). The van der Waals surface area contributed by atoms with Crippen LogP contribution < -0.4 is 16.4 Å². The van der Waals surface area contributed by atoms with Crippen molar-refractivity contribution in [3.8, 4) is 0 Å². The molecule has 4 N–H and O–H groups in total. The van der Waals surface area contributed by atoms with Crippen LogP contribution in [0.5, 0.6) is 0 Å². The highest BCUT2D eigenvalue weighted by molar-refractivity contribution is 14.0. The number of guanidine groups is 1. The lowest BCUT2D eigenvalue weighted by Gasteiger charge is -2.09. The molecule has 0 fully saturated rings. The van der Waals surface area contributed by atoms with Gasteiger partial charge in [0.25, 0.3) is 0 Å². The summed E-state index contributed by atoms with van der Waals surface area (Å²) in [7, 11) is 0. The maximum atomic E-state index is 12.0. The maximum Gasteiger partial charge on any atom is 0.226 e. The van der Waals surface area contributed by atoms with Gasteiger partial charge < -0.3 is 16.4 Å². The zero-order valence-electron chi connectivity index (χ0n) is 15.1. The number of amides is 1. The monoisotopic (exact) mass is 486 g/mol. The number of halogens is 2. The first kappa shape index (κ1) is 22.2. The van der Waals surface area contributed by atoms with Crippen LogP contribution in [0.4, 0.5) is 11.4 Å². The van der Waals surface area contributed by atoms with E-state index in [1.54, 1.807) is 12.1 Å². The van der Waals surface area contributed by atoms with Crippen LogP contribution in [0.2, 0.25) is 5.02 Å². The normalized spacial score (nSPS) is 10.8. The second-order valence-corrected chi connectivity index (χ2v) is 6.31. The summed E-state index contributed by atoms with van der Waals surface area (Å²) in [5.41, 5.74) is 10.7. The fourth-order valence-electron chi connectivity index (χ4n) is 2.24. The fraction of sp³-hybridized carbons (Fsp3) is 0.263. The molecular formula is C19H24ClIN4O. The summed E-state index contributed by atoms with van der Waals surface area (Å²) in [6.07, 6.45) is 0.237. The number of anilines is 2. The molecule has 2 aromatic rings. The number of nitrogens with one attached hydrogen (secondary N) is 2. The molecule has 0 radical (unpaired) electrons. The van der Waals surface area contributed by atoms with Gasteiger partial charge in [-0.3, -0.25) is 9.79 Å². The average molecular weight is 487 g/mol. The maximum absolute atomic E-state index is 12.0. The molecule has 0 saturated carbocycles. The third-order valence-electron chi connectivity index (χ3n) is 3.94. The van der Waals surface area contributed by atoms with Gasteiger partial charge in [-0.05, 0) is 61.7 Å². The quantitative estimate of drug-likeness (QED) is 0.327. The van der Waals surface area contributed by atoms with E-state index in [1.165, 1.54) is 11.1 Å². The average Bonchev–Trinajstić information content (AvgIpc) is 2.55. The summed E-state index contributed by atoms with van der Waals surface area (Å²) in [5.74, 6) is 0.156. The van der Waals surface area contributed by atoms with Crippen molar-refractivity contribution in [2.75, 3.05) is 17.2 Å². The highest BCUT2D eigenvalue weighted by Crippen LogP contribution is 2.22. The highest BCUT2D eigenvalue weighted by Gasteiger charge is 2.06. The number of nitrogens with two attached hydrogens (primary N) is 1. The Morgan fingerprint density at radius 1 is 1.12 bits per heavy atom. The minimum atomic E-state index is -0.131.